The Morgan fingerprint density at radius 1 is 1.50 bits per heavy atom. The number of hydrogen-bond donors (Lipinski definition) is 1. The number of carboxylic acid groups (broad SMARTS) is 1. The first-order valence-corrected chi connectivity index (χ1v) is 7.40. The van der Waals surface area contributed by atoms with Crippen LogP contribution in [0, 0.1) is 5.92 Å². The second-order valence-corrected chi connectivity index (χ2v) is 5.43. The van der Waals surface area contributed by atoms with Crippen LogP contribution in [0.2, 0.25) is 0 Å². The molecule has 1 aromatic rings. The van der Waals surface area contributed by atoms with Crippen LogP contribution in [0.4, 0.5) is 5.13 Å². The topological polar surface area (TPSA) is 53.4 Å². The van der Waals surface area contributed by atoms with Gasteiger partial charge in [0.2, 0.25) is 0 Å². The molecule has 5 heteroatoms. The summed E-state index contributed by atoms with van der Waals surface area (Å²) >= 11 is 1.57. The molecule has 1 rings (SSSR count). The van der Waals surface area contributed by atoms with E-state index in [1.54, 1.807) is 24.5 Å². The number of unbranched alkanes of at least 4 members (excludes halogenated alkanes) is 3. The van der Waals surface area contributed by atoms with Crippen molar-refractivity contribution in [3.63, 3.8) is 0 Å². The summed E-state index contributed by atoms with van der Waals surface area (Å²) in [6.45, 7) is 5.36. The average Bonchev–Trinajstić information content (AvgIpc) is 2.86. The summed E-state index contributed by atoms with van der Waals surface area (Å²) in [5.41, 5.74) is 0. The Morgan fingerprint density at radius 2 is 2.28 bits per heavy atom. The molecule has 102 valence electrons. The lowest BCUT2D eigenvalue weighted by molar-refractivity contribution is -0.140. The van der Waals surface area contributed by atoms with Crippen molar-refractivity contribution in [1.29, 1.82) is 0 Å². The monoisotopic (exact) mass is 270 g/mol. The molecule has 0 amide bonds. The molecular weight excluding hydrogens is 248 g/mol. The number of anilines is 1. The molecule has 1 unspecified atom stereocenters. The highest BCUT2D eigenvalue weighted by molar-refractivity contribution is 7.13. The van der Waals surface area contributed by atoms with Crippen molar-refractivity contribution < 1.29 is 9.90 Å². The van der Waals surface area contributed by atoms with Gasteiger partial charge >= 0.3 is 5.97 Å². The lowest BCUT2D eigenvalue weighted by atomic mass is 10.1. The number of carbonyl (C=O) groups is 1. The molecule has 1 aromatic heterocycles. The highest BCUT2D eigenvalue weighted by Gasteiger charge is 2.17. The van der Waals surface area contributed by atoms with Gasteiger partial charge in [-0.3, -0.25) is 4.79 Å². The average molecular weight is 270 g/mol. The van der Waals surface area contributed by atoms with Crippen molar-refractivity contribution in [3.8, 4) is 0 Å². The van der Waals surface area contributed by atoms with Gasteiger partial charge in [-0.15, -0.1) is 11.3 Å². The highest BCUT2D eigenvalue weighted by atomic mass is 32.1. The van der Waals surface area contributed by atoms with Gasteiger partial charge in [-0.05, 0) is 6.42 Å². The van der Waals surface area contributed by atoms with Crippen LogP contribution in [0.15, 0.2) is 11.6 Å². The van der Waals surface area contributed by atoms with Crippen molar-refractivity contribution in [1.82, 2.24) is 4.98 Å². The second-order valence-electron chi connectivity index (χ2n) is 4.56. The Morgan fingerprint density at radius 3 is 2.83 bits per heavy atom. The Hall–Kier alpha value is -1.10. The smallest absolute Gasteiger partial charge is 0.308 e. The highest BCUT2D eigenvalue weighted by Crippen LogP contribution is 2.19. The molecule has 0 fully saturated rings. The molecule has 0 bridgehead atoms. The number of hydrogen-bond acceptors (Lipinski definition) is 4. The predicted octanol–water partition coefficient (Wildman–Crippen LogP) is 3.25. The fourth-order valence-electron chi connectivity index (χ4n) is 1.78. The van der Waals surface area contributed by atoms with Crippen molar-refractivity contribution >= 4 is 22.4 Å². The van der Waals surface area contributed by atoms with E-state index in [1.165, 1.54) is 19.3 Å². The van der Waals surface area contributed by atoms with Crippen LogP contribution in [-0.2, 0) is 4.79 Å². The molecule has 18 heavy (non-hydrogen) atoms. The van der Waals surface area contributed by atoms with Gasteiger partial charge in [0.05, 0.1) is 5.92 Å². The summed E-state index contributed by atoms with van der Waals surface area (Å²) < 4.78 is 0. The van der Waals surface area contributed by atoms with Crippen LogP contribution in [0.25, 0.3) is 0 Å². The first-order chi connectivity index (χ1) is 8.65. The zero-order valence-corrected chi connectivity index (χ0v) is 11.9. The molecule has 0 aliphatic rings. The predicted molar refractivity (Wildman–Crippen MR) is 75.3 cm³/mol. The van der Waals surface area contributed by atoms with Crippen molar-refractivity contribution in [2.24, 2.45) is 5.92 Å². The lowest BCUT2D eigenvalue weighted by Crippen LogP contribution is -2.32. The third-order valence-electron chi connectivity index (χ3n) is 2.89. The molecule has 0 aliphatic carbocycles. The van der Waals surface area contributed by atoms with E-state index in [0.29, 0.717) is 6.54 Å². The molecule has 0 radical (unpaired) electrons. The van der Waals surface area contributed by atoms with E-state index >= 15 is 0 Å². The molecule has 1 atom stereocenters. The maximum atomic E-state index is 10.9. The zero-order valence-electron chi connectivity index (χ0n) is 11.1. The SMILES string of the molecule is CCCCCCN(CC(C)C(=O)O)c1nccs1. The van der Waals surface area contributed by atoms with Crippen molar-refractivity contribution in [3.05, 3.63) is 11.6 Å². The van der Waals surface area contributed by atoms with E-state index in [1.807, 2.05) is 5.38 Å². The molecule has 0 spiro atoms. The van der Waals surface area contributed by atoms with E-state index in [4.69, 9.17) is 5.11 Å². The quantitative estimate of drug-likeness (QED) is 0.700. The fourth-order valence-corrected chi connectivity index (χ4v) is 2.46. The van der Waals surface area contributed by atoms with Crippen LogP contribution < -0.4 is 4.90 Å². The number of rotatable bonds is 9. The van der Waals surface area contributed by atoms with Gasteiger partial charge in [-0.1, -0.05) is 33.1 Å². The Kier molecular flexibility index (Phi) is 6.72. The molecule has 1 N–H and O–H groups in total. The minimum Gasteiger partial charge on any atom is -0.481 e. The summed E-state index contributed by atoms with van der Waals surface area (Å²) in [5, 5.41) is 11.9. The fraction of sp³-hybridized carbons (Fsp3) is 0.692. The van der Waals surface area contributed by atoms with E-state index in [-0.39, 0.29) is 5.92 Å². The van der Waals surface area contributed by atoms with E-state index < -0.39 is 5.97 Å². The molecular formula is C13H22N2O2S. The standard InChI is InChI=1S/C13H22N2O2S/c1-3-4-5-6-8-15(10-11(2)12(16)17)13-14-7-9-18-13/h7,9,11H,3-6,8,10H2,1-2H3,(H,16,17). The minimum atomic E-state index is -0.745. The van der Waals surface area contributed by atoms with E-state index in [0.717, 1.165) is 18.1 Å². The van der Waals surface area contributed by atoms with Gasteiger partial charge < -0.3 is 10.0 Å². The van der Waals surface area contributed by atoms with E-state index in [2.05, 4.69) is 16.8 Å². The molecule has 0 aliphatic heterocycles. The van der Waals surface area contributed by atoms with Gasteiger partial charge in [0.25, 0.3) is 0 Å². The van der Waals surface area contributed by atoms with Gasteiger partial charge in [-0.25, -0.2) is 4.98 Å². The largest absolute Gasteiger partial charge is 0.481 e. The molecule has 0 saturated heterocycles. The summed E-state index contributed by atoms with van der Waals surface area (Å²) in [4.78, 5) is 17.3. The summed E-state index contributed by atoms with van der Waals surface area (Å²) in [5.74, 6) is -1.11. The number of carboxylic acids is 1. The third-order valence-corrected chi connectivity index (χ3v) is 3.72. The maximum absolute atomic E-state index is 10.9. The van der Waals surface area contributed by atoms with Crippen LogP contribution in [0.1, 0.15) is 39.5 Å². The summed E-state index contributed by atoms with van der Waals surface area (Å²) in [6.07, 6.45) is 6.51. The van der Waals surface area contributed by atoms with E-state index in [9.17, 15) is 4.79 Å². The zero-order chi connectivity index (χ0) is 13.4. The van der Waals surface area contributed by atoms with Gasteiger partial charge in [0, 0.05) is 24.7 Å². The number of nitrogens with zero attached hydrogens (tertiary/aromatic N) is 2. The van der Waals surface area contributed by atoms with Crippen molar-refractivity contribution in [2.75, 3.05) is 18.0 Å². The van der Waals surface area contributed by atoms with Crippen LogP contribution in [0.5, 0.6) is 0 Å². The third kappa shape index (κ3) is 5.04. The first kappa shape index (κ1) is 15.0. The summed E-state index contributed by atoms with van der Waals surface area (Å²) in [7, 11) is 0. The minimum absolute atomic E-state index is 0.361. The van der Waals surface area contributed by atoms with Crippen LogP contribution in [-0.4, -0.2) is 29.1 Å². The molecule has 0 aromatic carbocycles. The normalized spacial score (nSPS) is 12.3. The number of aliphatic carboxylic acids is 1. The number of aromatic nitrogens is 1. The first-order valence-electron chi connectivity index (χ1n) is 6.52. The van der Waals surface area contributed by atoms with Gasteiger partial charge in [0.15, 0.2) is 5.13 Å². The second kappa shape index (κ2) is 8.08. The van der Waals surface area contributed by atoms with Gasteiger partial charge in [-0.2, -0.15) is 0 Å². The van der Waals surface area contributed by atoms with Crippen molar-refractivity contribution in [2.45, 2.75) is 39.5 Å². The maximum Gasteiger partial charge on any atom is 0.308 e. The van der Waals surface area contributed by atoms with Crippen LogP contribution >= 0.6 is 11.3 Å². The van der Waals surface area contributed by atoms with Gasteiger partial charge in [0.1, 0.15) is 0 Å². The Bertz CT molecular complexity index is 341. The molecule has 1 heterocycles. The molecule has 0 saturated carbocycles. The van der Waals surface area contributed by atoms with Crippen LogP contribution in [0.3, 0.4) is 0 Å². The Balaban J connectivity index is 2.50. The summed E-state index contributed by atoms with van der Waals surface area (Å²) in [6, 6.07) is 0. The lowest BCUT2D eigenvalue weighted by Gasteiger charge is -2.23. The number of thiazole rings is 1. The molecule has 4 nitrogen and oxygen atoms in total. The Labute approximate surface area is 113 Å².